The standard InChI is InChI=1S/C27H23F4N3O2S/c28-20-11-13-21(14-12-20)32-25(36)23-17-24(35)34(15-5-8-18-6-2-1-3-7-18)26(37-23)33-22-10-4-9-19(16-22)27(29,30)31/h1-4,6-7,9-14,16,23H,5,8,15,17H2,(H,32,36). The zero-order chi connectivity index (χ0) is 26.4. The van der Waals surface area contributed by atoms with Gasteiger partial charge in [-0.15, -0.1) is 0 Å². The minimum absolute atomic E-state index is 0.0257. The van der Waals surface area contributed by atoms with E-state index in [1.807, 2.05) is 30.3 Å². The molecule has 1 saturated heterocycles. The van der Waals surface area contributed by atoms with Crippen molar-refractivity contribution in [3.8, 4) is 0 Å². The lowest BCUT2D eigenvalue weighted by molar-refractivity contribution is -0.137. The van der Waals surface area contributed by atoms with Crippen LogP contribution in [0.2, 0.25) is 0 Å². The predicted octanol–water partition coefficient (Wildman–Crippen LogP) is 6.44. The Kier molecular flexibility index (Phi) is 8.27. The molecule has 1 fully saturated rings. The van der Waals surface area contributed by atoms with Crippen LogP contribution in [-0.4, -0.2) is 33.7 Å². The third kappa shape index (κ3) is 7.19. The molecule has 0 radical (unpaired) electrons. The average molecular weight is 530 g/mol. The number of carbonyl (C=O) groups is 2. The van der Waals surface area contributed by atoms with Gasteiger partial charge in [-0.3, -0.25) is 14.5 Å². The number of carbonyl (C=O) groups excluding carboxylic acids is 2. The summed E-state index contributed by atoms with van der Waals surface area (Å²) in [6, 6.07) is 19.4. The fraction of sp³-hybridized carbons (Fsp3) is 0.222. The van der Waals surface area contributed by atoms with Gasteiger partial charge in [0.15, 0.2) is 5.17 Å². The van der Waals surface area contributed by atoms with Crippen molar-refractivity contribution in [2.45, 2.75) is 30.7 Å². The molecule has 4 rings (SSSR count). The Balaban J connectivity index is 1.56. The largest absolute Gasteiger partial charge is 0.416 e. The van der Waals surface area contributed by atoms with E-state index in [2.05, 4.69) is 10.3 Å². The van der Waals surface area contributed by atoms with E-state index < -0.39 is 28.7 Å². The summed E-state index contributed by atoms with van der Waals surface area (Å²) in [7, 11) is 0. The van der Waals surface area contributed by atoms with Crippen molar-refractivity contribution in [1.82, 2.24) is 4.90 Å². The number of benzene rings is 3. The van der Waals surface area contributed by atoms with Crippen LogP contribution in [0.25, 0.3) is 0 Å². The van der Waals surface area contributed by atoms with Gasteiger partial charge in [0, 0.05) is 18.7 Å². The van der Waals surface area contributed by atoms with Gasteiger partial charge in [-0.05, 0) is 60.9 Å². The summed E-state index contributed by atoms with van der Waals surface area (Å²) in [5.41, 5.74) is 0.620. The minimum atomic E-state index is -4.54. The topological polar surface area (TPSA) is 61.8 Å². The van der Waals surface area contributed by atoms with E-state index in [1.54, 1.807) is 0 Å². The number of aryl methyl sites for hydroxylation is 1. The number of anilines is 1. The molecule has 10 heteroatoms. The predicted molar refractivity (Wildman–Crippen MR) is 136 cm³/mol. The van der Waals surface area contributed by atoms with Crippen LogP contribution in [0.1, 0.15) is 24.0 Å². The van der Waals surface area contributed by atoms with Crippen molar-refractivity contribution in [2.24, 2.45) is 4.99 Å². The quantitative estimate of drug-likeness (QED) is 0.359. The van der Waals surface area contributed by atoms with Crippen LogP contribution in [0, 0.1) is 5.82 Å². The summed E-state index contributed by atoms with van der Waals surface area (Å²) < 4.78 is 52.8. The number of nitrogens with zero attached hydrogens (tertiary/aromatic N) is 2. The van der Waals surface area contributed by atoms with Gasteiger partial charge in [-0.2, -0.15) is 13.2 Å². The number of amides is 2. The molecule has 1 aliphatic rings. The van der Waals surface area contributed by atoms with Crippen LogP contribution < -0.4 is 5.32 Å². The van der Waals surface area contributed by atoms with E-state index in [9.17, 15) is 27.2 Å². The number of nitrogens with one attached hydrogen (secondary N) is 1. The van der Waals surface area contributed by atoms with Crippen molar-refractivity contribution < 1.29 is 27.2 Å². The molecule has 1 heterocycles. The molecule has 3 aromatic rings. The Labute approximate surface area is 215 Å². The molecule has 1 N–H and O–H groups in total. The molecule has 37 heavy (non-hydrogen) atoms. The van der Waals surface area contributed by atoms with Crippen LogP contribution in [0.4, 0.5) is 28.9 Å². The van der Waals surface area contributed by atoms with E-state index >= 15 is 0 Å². The molecule has 1 aliphatic heterocycles. The fourth-order valence-corrected chi connectivity index (χ4v) is 4.89. The lowest BCUT2D eigenvalue weighted by Gasteiger charge is -2.32. The third-order valence-electron chi connectivity index (χ3n) is 5.63. The fourth-order valence-electron chi connectivity index (χ4n) is 3.77. The molecule has 0 aromatic heterocycles. The van der Waals surface area contributed by atoms with Crippen molar-refractivity contribution in [1.29, 1.82) is 0 Å². The van der Waals surface area contributed by atoms with E-state index in [1.165, 1.54) is 41.3 Å². The molecule has 3 aromatic carbocycles. The zero-order valence-electron chi connectivity index (χ0n) is 19.5. The summed E-state index contributed by atoms with van der Waals surface area (Å²) in [4.78, 5) is 31.8. The first-order chi connectivity index (χ1) is 17.7. The highest BCUT2D eigenvalue weighted by atomic mass is 32.2. The van der Waals surface area contributed by atoms with Crippen LogP contribution in [0.3, 0.4) is 0 Å². The summed E-state index contributed by atoms with van der Waals surface area (Å²) in [6.07, 6.45) is -3.35. The molecule has 5 nitrogen and oxygen atoms in total. The maximum absolute atomic E-state index is 13.2. The molecule has 2 amide bonds. The molecular formula is C27H23F4N3O2S. The van der Waals surface area contributed by atoms with Crippen molar-refractivity contribution in [3.63, 3.8) is 0 Å². The van der Waals surface area contributed by atoms with Gasteiger partial charge in [-0.25, -0.2) is 9.38 Å². The first-order valence-corrected chi connectivity index (χ1v) is 12.4. The van der Waals surface area contributed by atoms with Gasteiger partial charge in [0.2, 0.25) is 11.8 Å². The molecule has 192 valence electrons. The Hall–Kier alpha value is -3.66. The second kappa shape index (κ2) is 11.6. The third-order valence-corrected chi connectivity index (χ3v) is 6.82. The normalized spacial score (nSPS) is 17.2. The van der Waals surface area contributed by atoms with Crippen LogP contribution in [0.15, 0.2) is 83.9 Å². The molecule has 0 aliphatic carbocycles. The molecule has 0 saturated carbocycles. The number of hydrogen-bond acceptors (Lipinski definition) is 4. The van der Waals surface area contributed by atoms with Gasteiger partial charge in [0.05, 0.1) is 11.3 Å². The van der Waals surface area contributed by atoms with Crippen molar-refractivity contribution >= 4 is 40.1 Å². The first-order valence-electron chi connectivity index (χ1n) is 11.5. The lowest BCUT2D eigenvalue weighted by Crippen LogP contribution is -2.45. The molecule has 0 spiro atoms. The molecule has 0 bridgehead atoms. The number of hydrogen-bond donors (Lipinski definition) is 1. The van der Waals surface area contributed by atoms with Crippen LogP contribution >= 0.6 is 11.8 Å². The highest BCUT2D eigenvalue weighted by molar-refractivity contribution is 8.15. The Morgan fingerprint density at radius 1 is 1.03 bits per heavy atom. The smallest absolute Gasteiger partial charge is 0.325 e. The lowest BCUT2D eigenvalue weighted by atomic mass is 10.1. The molecule has 1 atom stereocenters. The number of halogens is 4. The summed E-state index contributed by atoms with van der Waals surface area (Å²) >= 11 is 1.02. The first kappa shape index (κ1) is 26.4. The highest BCUT2D eigenvalue weighted by Crippen LogP contribution is 2.34. The van der Waals surface area contributed by atoms with E-state index in [4.69, 9.17) is 0 Å². The van der Waals surface area contributed by atoms with Crippen LogP contribution in [0.5, 0.6) is 0 Å². The van der Waals surface area contributed by atoms with Gasteiger partial charge in [0.25, 0.3) is 0 Å². The molecular weight excluding hydrogens is 506 g/mol. The number of aliphatic imine (C=N–C) groups is 1. The van der Waals surface area contributed by atoms with Gasteiger partial charge >= 0.3 is 6.18 Å². The van der Waals surface area contributed by atoms with E-state index in [0.29, 0.717) is 25.1 Å². The SMILES string of the molecule is O=C(Nc1ccc(F)cc1)C1CC(=O)N(CCCc2ccccc2)C(=Nc2cccc(C(F)(F)F)c2)S1. The van der Waals surface area contributed by atoms with Gasteiger partial charge in [-0.1, -0.05) is 48.2 Å². The van der Waals surface area contributed by atoms with Crippen molar-refractivity contribution in [3.05, 3.63) is 95.8 Å². The second-order valence-electron chi connectivity index (χ2n) is 8.38. The number of alkyl halides is 3. The van der Waals surface area contributed by atoms with Crippen molar-refractivity contribution in [2.75, 3.05) is 11.9 Å². The number of amidine groups is 1. The summed E-state index contributed by atoms with van der Waals surface area (Å²) in [6.45, 7) is 0.296. The number of thioether (sulfide) groups is 1. The maximum atomic E-state index is 13.2. The average Bonchev–Trinajstić information content (AvgIpc) is 2.87. The van der Waals surface area contributed by atoms with E-state index in [-0.39, 0.29) is 23.2 Å². The Bertz CT molecular complexity index is 1280. The zero-order valence-corrected chi connectivity index (χ0v) is 20.4. The van der Waals surface area contributed by atoms with Gasteiger partial charge in [0.1, 0.15) is 11.1 Å². The second-order valence-corrected chi connectivity index (χ2v) is 9.55. The molecule has 1 unspecified atom stereocenters. The highest BCUT2D eigenvalue weighted by Gasteiger charge is 2.36. The van der Waals surface area contributed by atoms with Gasteiger partial charge < -0.3 is 5.32 Å². The monoisotopic (exact) mass is 529 g/mol. The minimum Gasteiger partial charge on any atom is -0.325 e. The Morgan fingerprint density at radius 2 is 1.76 bits per heavy atom. The van der Waals surface area contributed by atoms with Crippen LogP contribution in [-0.2, 0) is 22.2 Å². The Morgan fingerprint density at radius 3 is 2.46 bits per heavy atom. The maximum Gasteiger partial charge on any atom is 0.416 e. The summed E-state index contributed by atoms with van der Waals surface area (Å²) in [5, 5.41) is 1.95. The number of rotatable bonds is 7. The summed E-state index contributed by atoms with van der Waals surface area (Å²) in [5.74, 6) is -1.29. The van der Waals surface area contributed by atoms with E-state index in [0.717, 1.165) is 29.5 Å².